The number of aromatic nitrogens is 2. The third kappa shape index (κ3) is 2.54. The van der Waals surface area contributed by atoms with Gasteiger partial charge in [0.1, 0.15) is 11.1 Å². The van der Waals surface area contributed by atoms with Gasteiger partial charge in [-0.05, 0) is 6.42 Å². The maximum Gasteiger partial charge on any atom is 0.244 e. The number of anilines is 1. The summed E-state index contributed by atoms with van der Waals surface area (Å²) in [5, 5.41) is 1.96. The van der Waals surface area contributed by atoms with E-state index >= 15 is 0 Å². The number of nitrogens with zero attached hydrogens (tertiary/aromatic N) is 2. The fourth-order valence-electron chi connectivity index (χ4n) is 1.49. The Balaban J connectivity index is 2.07. The van der Waals surface area contributed by atoms with Gasteiger partial charge in [-0.2, -0.15) is 4.37 Å². The lowest BCUT2D eigenvalue weighted by molar-refractivity contribution is -0.116. The molecule has 0 radical (unpaired) electrons. The lowest BCUT2D eigenvalue weighted by Gasteiger charge is -2.23. The van der Waals surface area contributed by atoms with Crippen LogP contribution in [0.2, 0.25) is 0 Å². The van der Waals surface area contributed by atoms with Gasteiger partial charge in [-0.25, -0.2) is 13.4 Å². The minimum Gasteiger partial charge on any atom is -0.300 e. The summed E-state index contributed by atoms with van der Waals surface area (Å²) in [6, 6.07) is 0. The molecule has 1 amide bonds. The molecule has 1 atom stereocenters. The molecule has 0 bridgehead atoms. The molecular weight excluding hydrogens is 274 g/mol. The minimum atomic E-state index is -3.22. The molecule has 1 saturated heterocycles. The van der Waals surface area contributed by atoms with Gasteiger partial charge < -0.3 is 0 Å². The van der Waals surface area contributed by atoms with Crippen LogP contribution >= 0.6 is 11.5 Å². The maximum atomic E-state index is 11.7. The molecule has 0 aliphatic carbocycles. The standard InChI is InChI=1S/C10H15N3O3S2/c1-10(2,3)8-12-9(17-13-8)11-7(14)6-4-5-18(6,15)16/h6H,4-5H2,1-3H3,(H,11,12,13,14). The summed E-state index contributed by atoms with van der Waals surface area (Å²) in [7, 11) is -3.22. The van der Waals surface area contributed by atoms with Crippen LogP contribution in [0.25, 0.3) is 0 Å². The predicted octanol–water partition coefficient (Wildman–Crippen LogP) is 0.961. The third-order valence-corrected chi connectivity index (χ3v) is 5.47. The Kier molecular flexibility index (Phi) is 3.18. The van der Waals surface area contributed by atoms with Gasteiger partial charge in [0.05, 0.1) is 5.75 Å². The second-order valence-corrected chi connectivity index (χ2v) is 8.36. The molecule has 1 fully saturated rings. The van der Waals surface area contributed by atoms with Crippen molar-refractivity contribution in [2.75, 3.05) is 11.1 Å². The Hall–Kier alpha value is -1.02. The van der Waals surface area contributed by atoms with Crippen molar-refractivity contribution >= 4 is 32.4 Å². The Bertz CT molecular complexity index is 571. The normalized spacial score (nSPS) is 22.3. The highest BCUT2D eigenvalue weighted by molar-refractivity contribution is 7.94. The lowest BCUT2D eigenvalue weighted by Crippen LogP contribution is -2.45. The van der Waals surface area contributed by atoms with Crippen LogP contribution in [-0.2, 0) is 20.0 Å². The monoisotopic (exact) mass is 289 g/mol. The van der Waals surface area contributed by atoms with Gasteiger partial charge in [0.15, 0.2) is 9.84 Å². The van der Waals surface area contributed by atoms with E-state index in [1.165, 1.54) is 0 Å². The first kappa shape index (κ1) is 13.4. The fourth-order valence-corrected chi connectivity index (χ4v) is 3.49. The second-order valence-electron chi connectivity index (χ2n) is 5.31. The summed E-state index contributed by atoms with van der Waals surface area (Å²) in [5.41, 5.74) is -0.192. The van der Waals surface area contributed by atoms with Crippen molar-refractivity contribution in [3.63, 3.8) is 0 Å². The van der Waals surface area contributed by atoms with Gasteiger partial charge in [0.2, 0.25) is 11.0 Å². The van der Waals surface area contributed by atoms with Gasteiger partial charge in [-0.1, -0.05) is 20.8 Å². The first-order valence-corrected chi connectivity index (χ1v) is 8.06. The molecule has 2 heterocycles. The zero-order valence-corrected chi connectivity index (χ0v) is 12.1. The largest absolute Gasteiger partial charge is 0.300 e. The average Bonchev–Trinajstić information content (AvgIpc) is 2.63. The Labute approximate surface area is 110 Å². The van der Waals surface area contributed by atoms with Gasteiger partial charge in [0, 0.05) is 16.9 Å². The number of carbonyl (C=O) groups excluding carboxylic acids is 1. The van der Waals surface area contributed by atoms with Crippen LogP contribution in [0.1, 0.15) is 33.0 Å². The van der Waals surface area contributed by atoms with Gasteiger partial charge in [-0.3, -0.25) is 10.1 Å². The van der Waals surface area contributed by atoms with Crippen LogP contribution in [-0.4, -0.2) is 34.7 Å². The highest BCUT2D eigenvalue weighted by atomic mass is 32.2. The van der Waals surface area contributed by atoms with E-state index < -0.39 is 21.0 Å². The maximum absolute atomic E-state index is 11.7. The number of nitrogens with one attached hydrogen (secondary N) is 1. The van der Waals surface area contributed by atoms with E-state index in [-0.39, 0.29) is 11.2 Å². The summed E-state index contributed by atoms with van der Waals surface area (Å²) in [6.45, 7) is 5.91. The van der Waals surface area contributed by atoms with Crippen LogP contribution in [0, 0.1) is 0 Å². The summed E-state index contributed by atoms with van der Waals surface area (Å²) in [4.78, 5) is 15.9. The van der Waals surface area contributed by atoms with Gasteiger partial charge >= 0.3 is 0 Å². The molecule has 1 aliphatic heterocycles. The zero-order chi connectivity index (χ0) is 13.6. The number of amides is 1. The minimum absolute atomic E-state index is 0.0917. The lowest BCUT2D eigenvalue weighted by atomic mass is 9.96. The zero-order valence-electron chi connectivity index (χ0n) is 10.4. The fraction of sp³-hybridized carbons (Fsp3) is 0.700. The molecule has 100 valence electrons. The molecule has 0 spiro atoms. The number of carbonyl (C=O) groups is 1. The molecule has 1 unspecified atom stereocenters. The van der Waals surface area contributed by atoms with E-state index in [1.807, 2.05) is 20.8 Å². The Morgan fingerprint density at radius 3 is 2.50 bits per heavy atom. The van der Waals surface area contributed by atoms with Crippen molar-refractivity contribution in [1.29, 1.82) is 0 Å². The quantitative estimate of drug-likeness (QED) is 0.876. The summed E-state index contributed by atoms with van der Waals surface area (Å²) >= 11 is 1.07. The third-order valence-electron chi connectivity index (χ3n) is 2.72. The van der Waals surface area contributed by atoms with Crippen LogP contribution in [0.5, 0.6) is 0 Å². The van der Waals surface area contributed by atoms with Crippen molar-refractivity contribution in [2.45, 2.75) is 37.9 Å². The Morgan fingerprint density at radius 1 is 1.44 bits per heavy atom. The average molecular weight is 289 g/mol. The summed E-state index contributed by atoms with van der Waals surface area (Å²) < 4.78 is 26.8. The molecule has 2 rings (SSSR count). The topological polar surface area (TPSA) is 89.0 Å². The number of hydrogen-bond donors (Lipinski definition) is 1. The van der Waals surface area contributed by atoms with Crippen LogP contribution in [0.15, 0.2) is 0 Å². The van der Waals surface area contributed by atoms with E-state index in [0.717, 1.165) is 11.5 Å². The van der Waals surface area contributed by atoms with Crippen molar-refractivity contribution in [2.24, 2.45) is 0 Å². The molecule has 1 aromatic heterocycles. The molecule has 18 heavy (non-hydrogen) atoms. The predicted molar refractivity (Wildman–Crippen MR) is 69.4 cm³/mol. The van der Waals surface area contributed by atoms with Crippen LogP contribution < -0.4 is 5.32 Å². The molecule has 1 N–H and O–H groups in total. The highest BCUT2D eigenvalue weighted by Gasteiger charge is 2.41. The molecule has 8 heteroatoms. The summed E-state index contributed by atoms with van der Waals surface area (Å²) in [6.07, 6.45) is 0.388. The highest BCUT2D eigenvalue weighted by Crippen LogP contribution is 2.25. The van der Waals surface area contributed by atoms with Crippen molar-refractivity contribution in [3.8, 4) is 0 Å². The van der Waals surface area contributed by atoms with Crippen LogP contribution in [0.4, 0.5) is 5.13 Å². The molecule has 0 aromatic carbocycles. The smallest absolute Gasteiger partial charge is 0.244 e. The van der Waals surface area contributed by atoms with E-state index in [2.05, 4.69) is 14.7 Å². The van der Waals surface area contributed by atoms with E-state index in [0.29, 0.717) is 17.4 Å². The number of rotatable bonds is 2. The first-order chi connectivity index (χ1) is 8.20. The number of sulfone groups is 1. The van der Waals surface area contributed by atoms with E-state index in [1.54, 1.807) is 0 Å². The van der Waals surface area contributed by atoms with Gasteiger partial charge in [-0.15, -0.1) is 0 Å². The molecule has 1 aliphatic rings. The van der Waals surface area contributed by atoms with Crippen LogP contribution in [0.3, 0.4) is 0 Å². The van der Waals surface area contributed by atoms with Gasteiger partial charge in [0.25, 0.3) is 0 Å². The van der Waals surface area contributed by atoms with Crippen molar-refractivity contribution in [3.05, 3.63) is 5.82 Å². The summed E-state index contributed by atoms with van der Waals surface area (Å²) in [5.74, 6) is 0.228. The molecular formula is C10H15N3O3S2. The van der Waals surface area contributed by atoms with E-state index in [9.17, 15) is 13.2 Å². The Morgan fingerprint density at radius 2 is 2.11 bits per heavy atom. The second kappa shape index (κ2) is 4.27. The molecule has 6 nitrogen and oxygen atoms in total. The van der Waals surface area contributed by atoms with Crippen molar-refractivity contribution < 1.29 is 13.2 Å². The number of hydrogen-bond acceptors (Lipinski definition) is 6. The van der Waals surface area contributed by atoms with E-state index in [4.69, 9.17) is 0 Å². The first-order valence-electron chi connectivity index (χ1n) is 5.57. The van der Waals surface area contributed by atoms with Crippen molar-refractivity contribution in [1.82, 2.24) is 9.36 Å². The molecule has 0 saturated carbocycles. The SMILES string of the molecule is CC(C)(C)c1nsc(NC(=O)C2CCS2(=O)=O)n1. The molecule has 1 aromatic rings.